The molecule has 28 heavy (non-hydrogen) atoms. The maximum Gasteiger partial charge on any atom is 0.416 e. The van der Waals surface area contributed by atoms with Gasteiger partial charge in [-0.25, -0.2) is 8.42 Å². The Kier molecular flexibility index (Phi) is 7.00. The van der Waals surface area contributed by atoms with Crippen LogP contribution in [0.4, 0.5) is 18.9 Å². The summed E-state index contributed by atoms with van der Waals surface area (Å²) >= 11 is 1.43. The SMILES string of the molecule is CSc1cccc(N(CC(=O)NCc2cccc(C(F)(F)F)c2)S(C)(=O)=O)c1. The molecule has 0 saturated carbocycles. The predicted octanol–water partition coefficient (Wildman–Crippen LogP) is 3.51. The van der Waals surface area contributed by atoms with Gasteiger partial charge in [0.15, 0.2) is 0 Å². The molecule has 0 saturated heterocycles. The van der Waals surface area contributed by atoms with E-state index >= 15 is 0 Å². The van der Waals surface area contributed by atoms with Gasteiger partial charge in [0, 0.05) is 11.4 Å². The highest BCUT2D eigenvalue weighted by atomic mass is 32.2. The van der Waals surface area contributed by atoms with Crippen LogP contribution in [-0.4, -0.2) is 33.4 Å². The van der Waals surface area contributed by atoms with Crippen LogP contribution in [0.2, 0.25) is 0 Å². The normalized spacial score (nSPS) is 11.9. The van der Waals surface area contributed by atoms with E-state index in [0.717, 1.165) is 27.6 Å². The van der Waals surface area contributed by atoms with Gasteiger partial charge in [0.1, 0.15) is 6.54 Å². The number of anilines is 1. The minimum Gasteiger partial charge on any atom is -0.350 e. The van der Waals surface area contributed by atoms with Crippen LogP contribution in [0, 0.1) is 0 Å². The zero-order valence-corrected chi connectivity index (χ0v) is 16.8. The molecule has 0 bridgehead atoms. The lowest BCUT2D eigenvalue weighted by Gasteiger charge is -2.22. The molecule has 0 fully saturated rings. The summed E-state index contributed by atoms with van der Waals surface area (Å²) in [6.07, 6.45) is -1.65. The number of hydrogen-bond acceptors (Lipinski definition) is 4. The standard InChI is InChI=1S/C18H19F3N2O3S2/c1-27-16-8-4-7-15(10-16)23(28(2,25)26)12-17(24)22-11-13-5-3-6-14(9-13)18(19,20)21/h3-10H,11-12H2,1-2H3,(H,22,24). The molecule has 5 nitrogen and oxygen atoms in total. The molecule has 1 N–H and O–H groups in total. The number of benzene rings is 2. The highest BCUT2D eigenvalue weighted by Gasteiger charge is 2.30. The third-order valence-corrected chi connectivity index (χ3v) is 5.64. The molecule has 0 aliphatic carbocycles. The Morgan fingerprint density at radius 3 is 2.43 bits per heavy atom. The number of hydrogen-bond donors (Lipinski definition) is 1. The van der Waals surface area contributed by atoms with Crippen molar-refractivity contribution in [3.05, 3.63) is 59.7 Å². The van der Waals surface area contributed by atoms with Crippen LogP contribution < -0.4 is 9.62 Å². The Bertz CT molecular complexity index is 947. The fraction of sp³-hybridized carbons (Fsp3) is 0.278. The van der Waals surface area contributed by atoms with E-state index in [1.165, 1.54) is 23.9 Å². The van der Waals surface area contributed by atoms with E-state index in [0.29, 0.717) is 5.69 Å². The summed E-state index contributed by atoms with van der Waals surface area (Å²) < 4.78 is 63.4. The second-order valence-electron chi connectivity index (χ2n) is 5.95. The van der Waals surface area contributed by atoms with E-state index in [2.05, 4.69) is 5.32 Å². The van der Waals surface area contributed by atoms with Crippen LogP contribution in [0.25, 0.3) is 0 Å². The van der Waals surface area contributed by atoms with E-state index in [-0.39, 0.29) is 12.1 Å². The second kappa shape index (κ2) is 8.87. The lowest BCUT2D eigenvalue weighted by Crippen LogP contribution is -2.40. The van der Waals surface area contributed by atoms with E-state index in [4.69, 9.17) is 0 Å². The fourth-order valence-electron chi connectivity index (χ4n) is 2.41. The van der Waals surface area contributed by atoms with E-state index < -0.39 is 34.2 Å². The van der Waals surface area contributed by atoms with Crippen LogP contribution in [-0.2, 0) is 27.5 Å². The summed E-state index contributed by atoms with van der Waals surface area (Å²) in [6, 6.07) is 11.3. The number of nitrogens with zero attached hydrogens (tertiary/aromatic N) is 1. The molecule has 0 aromatic heterocycles. The fourth-order valence-corrected chi connectivity index (χ4v) is 3.71. The number of carbonyl (C=O) groups is 1. The molecule has 0 radical (unpaired) electrons. The third-order valence-electron chi connectivity index (χ3n) is 3.77. The maximum absolute atomic E-state index is 12.8. The number of sulfonamides is 1. The van der Waals surface area contributed by atoms with E-state index in [1.54, 1.807) is 18.2 Å². The Labute approximate surface area is 166 Å². The van der Waals surface area contributed by atoms with E-state index in [9.17, 15) is 26.4 Å². The van der Waals surface area contributed by atoms with Gasteiger partial charge in [0.2, 0.25) is 15.9 Å². The maximum atomic E-state index is 12.8. The van der Waals surface area contributed by atoms with Crippen molar-refractivity contribution < 1.29 is 26.4 Å². The summed E-state index contributed by atoms with van der Waals surface area (Å²) in [7, 11) is -3.73. The number of alkyl halides is 3. The van der Waals surface area contributed by atoms with Crippen molar-refractivity contribution in [2.24, 2.45) is 0 Å². The molecule has 0 spiro atoms. The van der Waals surface area contributed by atoms with Crippen LogP contribution >= 0.6 is 11.8 Å². The van der Waals surface area contributed by atoms with Crippen LogP contribution in [0.15, 0.2) is 53.4 Å². The van der Waals surface area contributed by atoms with Gasteiger partial charge in [0.25, 0.3) is 0 Å². The molecular formula is C18H19F3N2O3S2. The monoisotopic (exact) mass is 432 g/mol. The van der Waals surface area contributed by atoms with Gasteiger partial charge in [-0.2, -0.15) is 13.2 Å². The number of thioether (sulfide) groups is 1. The van der Waals surface area contributed by atoms with Crippen molar-refractivity contribution in [1.82, 2.24) is 5.32 Å². The zero-order chi connectivity index (χ0) is 20.9. The average Bonchev–Trinajstić information content (AvgIpc) is 2.63. The molecule has 0 heterocycles. The van der Waals surface area contributed by atoms with Crippen molar-refractivity contribution >= 4 is 33.4 Å². The average molecular weight is 432 g/mol. The van der Waals surface area contributed by atoms with Crippen LogP contribution in [0.1, 0.15) is 11.1 Å². The molecule has 0 aliphatic rings. The van der Waals surface area contributed by atoms with Crippen molar-refractivity contribution in [1.29, 1.82) is 0 Å². The van der Waals surface area contributed by atoms with Gasteiger partial charge in [-0.05, 0) is 42.2 Å². The highest BCUT2D eigenvalue weighted by molar-refractivity contribution is 7.98. The Balaban J connectivity index is 2.11. The smallest absolute Gasteiger partial charge is 0.350 e. The van der Waals surface area contributed by atoms with Crippen LogP contribution in [0.5, 0.6) is 0 Å². The summed E-state index contributed by atoms with van der Waals surface area (Å²) in [5.41, 5.74) is -0.215. The van der Waals surface area contributed by atoms with Gasteiger partial charge in [-0.1, -0.05) is 18.2 Å². The summed E-state index contributed by atoms with van der Waals surface area (Å²) in [5.74, 6) is -0.627. The van der Waals surface area contributed by atoms with E-state index in [1.807, 2.05) is 12.3 Å². The van der Waals surface area contributed by atoms with Gasteiger partial charge in [-0.3, -0.25) is 9.10 Å². The van der Waals surface area contributed by atoms with Crippen molar-refractivity contribution in [2.45, 2.75) is 17.6 Å². The number of carbonyl (C=O) groups excluding carboxylic acids is 1. The zero-order valence-electron chi connectivity index (χ0n) is 15.2. The Morgan fingerprint density at radius 1 is 1.14 bits per heavy atom. The first-order chi connectivity index (χ1) is 13.0. The van der Waals surface area contributed by atoms with Gasteiger partial charge < -0.3 is 5.32 Å². The van der Waals surface area contributed by atoms with Crippen molar-refractivity contribution in [2.75, 3.05) is 23.4 Å². The van der Waals surface area contributed by atoms with Gasteiger partial charge in [0.05, 0.1) is 17.5 Å². The first-order valence-corrected chi connectivity index (χ1v) is 11.1. The lowest BCUT2D eigenvalue weighted by molar-refractivity contribution is -0.137. The molecule has 1 amide bonds. The highest BCUT2D eigenvalue weighted by Crippen LogP contribution is 2.29. The number of amides is 1. The molecule has 2 aromatic rings. The number of nitrogens with one attached hydrogen (secondary N) is 1. The number of halogens is 3. The summed E-state index contributed by atoms with van der Waals surface area (Å²) in [4.78, 5) is 13.1. The molecule has 0 aliphatic heterocycles. The first kappa shape index (κ1) is 22.1. The minimum atomic E-state index is -4.48. The topological polar surface area (TPSA) is 66.5 Å². The van der Waals surface area contributed by atoms with Gasteiger partial charge in [-0.15, -0.1) is 11.8 Å². The van der Waals surface area contributed by atoms with Crippen molar-refractivity contribution in [3.63, 3.8) is 0 Å². The quantitative estimate of drug-likeness (QED) is 0.680. The summed E-state index contributed by atoms with van der Waals surface area (Å²) in [6.45, 7) is -0.624. The van der Waals surface area contributed by atoms with Crippen molar-refractivity contribution in [3.8, 4) is 0 Å². The largest absolute Gasteiger partial charge is 0.416 e. The van der Waals surface area contributed by atoms with Gasteiger partial charge >= 0.3 is 6.18 Å². The first-order valence-electron chi connectivity index (χ1n) is 8.05. The summed E-state index contributed by atoms with van der Waals surface area (Å²) in [5, 5.41) is 2.46. The lowest BCUT2D eigenvalue weighted by atomic mass is 10.1. The second-order valence-corrected chi connectivity index (χ2v) is 8.73. The number of rotatable bonds is 7. The van der Waals surface area contributed by atoms with Crippen LogP contribution in [0.3, 0.4) is 0 Å². The molecule has 2 rings (SSSR count). The molecule has 2 aromatic carbocycles. The Morgan fingerprint density at radius 2 is 1.82 bits per heavy atom. The molecule has 0 unspecified atom stereocenters. The molecule has 10 heteroatoms. The predicted molar refractivity (Wildman–Crippen MR) is 104 cm³/mol. The molecule has 0 atom stereocenters. The minimum absolute atomic E-state index is 0.148. The molecule has 152 valence electrons. The molecular weight excluding hydrogens is 413 g/mol. The Hall–Kier alpha value is -2.20. The third kappa shape index (κ3) is 6.16.